The van der Waals surface area contributed by atoms with Crippen LogP contribution >= 0.6 is 0 Å². The van der Waals surface area contributed by atoms with E-state index in [1.807, 2.05) is 0 Å². The number of aliphatic carboxylic acids is 2. The van der Waals surface area contributed by atoms with E-state index in [-0.39, 0.29) is 40.1 Å². The van der Waals surface area contributed by atoms with Gasteiger partial charge in [-0.05, 0) is 117 Å². The third kappa shape index (κ3) is 4.19. The Kier molecular flexibility index (Phi) is 7.39. The molecule has 5 aliphatic carbocycles. The zero-order valence-electron chi connectivity index (χ0n) is 27.6. The van der Waals surface area contributed by atoms with E-state index < -0.39 is 28.7 Å². The predicted molar refractivity (Wildman–Crippen MR) is 163 cm³/mol. The first-order valence-electron chi connectivity index (χ1n) is 16.6. The number of carbonyl (C=O) groups is 3. The molecule has 0 aromatic rings. The lowest BCUT2D eigenvalue weighted by atomic mass is 9.33. The summed E-state index contributed by atoms with van der Waals surface area (Å²) in [6.45, 7) is 20.0. The number of carboxylic acid groups (broad SMARTS) is 2. The highest BCUT2D eigenvalue weighted by molar-refractivity contribution is 5.82. The van der Waals surface area contributed by atoms with Gasteiger partial charge in [-0.3, -0.25) is 14.4 Å². The molecule has 0 spiro atoms. The minimum atomic E-state index is -1.06. The lowest BCUT2D eigenvalue weighted by molar-refractivity contribution is -0.217. The van der Waals surface area contributed by atoms with E-state index in [2.05, 4.69) is 54.5 Å². The quantitative estimate of drug-likeness (QED) is 0.250. The van der Waals surface area contributed by atoms with Gasteiger partial charge in [0, 0.05) is 5.41 Å². The van der Waals surface area contributed by atoms with Crippen molar-refractivity contribution in [2.45, 2.75) is 133 Å². The van der Waals surface area contributed by atoms with Crippen molar-refractivity contribution in [3.8, 4) is 0 Å². The van der Waals surface area contributed by atoms with Crippen LogP contribution in [0.5, 0.6) is 0 Å². The summed E-state index contributed by atoms with van der Waals surface area (Å²) in [4.78, 5) is 37.5. The van der Waals surface area contributed by atoms with Gasteiger partial charge in [-0.25, -0.2) is 0 Å². The Morgan fingerprint density at radius 2 is 1.57 bits per heavy atom. The molecule has 42 heavy (non-hydrogen) atoms. The second kappa shape index (κ2) is 9.83. The summed E-state index contributed by atoms with van der Waals surface area (Å²) in [7, 11) is 0. The first-order valence-corrected chi connectivity index (χ1v) is 16.6. The van der Waals surface area contributed by atoms with Crippen LogP contribution in [-0.4, -0.2) is 34.2 Å². The van der Waals surface area contributed by atoms with E-state index in [1.54, 1.807) is 13.8 Å². The fourth-order valence-corrected chi connectivity index (χ4v) is 11.8. The van der Waals surface area contributed by atoms with Gasteiger partial charge in [0.15, 0.2) is 0 Å². The lowest BCUT2D eigenvalue weighted by Crippen LogP contribution is -2.65. The predicted octanol–water partition coefficient (Wildman–Crippen LogP) is 8.14. The van der Waals surface area contributed by atoms with Crippen LogP contribution in [0.3, 0.4) is 0 Å². The van der Waals surface area contributed by atoms with Crippen molar-refractivity contribution in [1.29, 1.82) is 0 Å². The van der Waals surface area contributed by atoms with Crippen molar-refractivity contribution in [3.05, 3.63) is 11.6 Å². The Hall–Kier alpha value is -1.85. The van der Waals surface area contributed by atoms with E-state index in [1.165, 1.54) is 5.57 Å². The summed E-state index contributed by atoms with van der Waals surface area (Å²) in [5.74, 6) is -0.120. The average Bonchev–Trinajstić information content (AvgIpc) is 2.87. The molecule has 10 atom stereocenters. The largest absolute Gasteiger partial charge is 0.481 e. The van der Waals surface area contributed by atoms with E-state index in [0.29, 0.717) is 23.7 Å². The van der Waals surface area contributed by atoms with Crippen LogP contribution in [0.4, 0.5) is 0 Å². The van der Waals surface area contributed by atoms with E-state index >= 15 is 0 Å². The summed E-state index contributed by atoms with van der Waals surface area (Å²) >= 11 is 0. The molecule has 0 unspecified atom stereocenters. The van der Waals surface area contributed by atoms with Crippen LogP contribution < -0.4 is 0 Å². The topological polar surface area (TPSA) is 101 Å². The van der Waals surface area contributed by atoms with Crippen LogP contribution in [0, 0.1) is 62.1 Å². The second-order valence-electron chi connectivity index (χ2n) is 17.3. The Balaban J connectivity index is 1.47. The first kappa shape index (κ1) is 31.6. The minimum absolute atomic E-state index is 0.0207. The van der Waals surface area contributed by atoms with Gasteiger partial charge in [0.1, 0.15) is 6.10 Å². The zero-order chi connectivity index (χ0) is 31.3. The first-order chi connectivity index (χ1) is 19.3. The molecule has 6 heteroatoms. The third-order valence-corrected chi connectivity index (χ3v) is 14.7. The fraction of sp³-hybridized carbons (Fsp3) is 0.861. The molecule has 0 aromatic carbocycles. The van der Waals surface area contributed by atoms with Crippen LogP contribution in [0.25, 0.3) is 0 Å². The molecule has 0 amide bonds. The van der Waals surface area contributed by atoms with Gasteiger partial charge >= 0.3 is 17.9 Å². The van der Waals surface area contributed by atoms with Gasteiger partial charge in [-0.2, -0.15) is 0 Å². The number of carbonyl (C=O) groups excluding carboxylic acids is 1. The number of ether oxygens (including phenoxy) is 1. The second-order valence-corrected chi connectivity index (χ2v) is 17.3. The minimum Gasteiger partial charge on any atom is -0.481 e. The van der Waals surface area contributed by atoms with Crippen molar-refractivity contribution in [3.63, 3.8) is 0 Å². The summed E-state index contributed by atoms with van der Waals surface area (Å²) in [6.07, 6.45) is 10.5. The molecule has 0 bridgehead atoms. The van der Waals surface area contributed by atoms with Gasteiger partial charge in [-0.1, -0.05) is 60.1 Å². The molecule has 236 valence electrons. The van der Waals surface area contributed by atoms with Crippen molar-refractivity contribution in [2.24, 2.45) is 62.1 Å². The molecule has 0 saturated heterocycles. The molecule has 4 fully saturated rings. The van der Waals surface area contributed by atoms with Crippen molar-refractivity contribution in [1.82, 2.24) is 0 Å². The van der Waals surface area contributed by atoms with Crippen molar-refractivity contribution < 1.29 is 29.3 Å². The maximum Gasteiger partial charge on any atom is 0.312 e. The van der Waals surface area contributed by atoms with Crippen molar-refractivity contribution in [2.75, 3.05) is 0 Å². The number of fused-ring (bicyclic) bond motifs is 7. The van der Waals surface area contributed by atoms with E-state index in [4.69, 9.17) is 4.74 Å². The number of hydrogen-bond donors (Lipinski definition) is 2. The third-order valence-electron chi connectivity index (χ3n) is 14.7. The highest BCUT2D eigenvalue weighted by Gasteiger charge is 2.69. The Morgan fingerprint density at radius 3 is 2.19 bits per heavy atom. The Labute approximate surface area is 253 Å². The van der Waals surface area contributed by atoms with Gasteiger partial charge < -0.3 is 14.9 Å². The summed E-state index contributed by atoms with van der Waals surface area (Å²) in [6, 6.07) is 0. The smallest absolute Gasteiger partial charge is 0.312 e. The SMILES string of the molecule is C[C@H]1[C@H](C)CC[C@]2(C(=O)O)CC[C@]3(C)C(=CC[C@@H]4[C@@]5(C)CC[C@H](OC(=O)C(C)(C)CC(=O)O)C(C)(C)[C@@H]5CC[C@]43C)[C@H]12. The van der Waals surface area contributed by atoms with Crippen LogP contribution in [0.1, 0.15) is 127 Å². The lowest BCUT2D eigenvalue weighted by Gasteiger charge is -2.71. The molecule has 4 saturated carbocycles. The summed E-state index contributed by atoms with van der Waals surface area (Å²) in [5.41, 5.74) is -0.324. The number of allylic oxidation sites excluding steroid dienone is 2. The highest BCUT2D eigenvalue weighted by Crippen LogP contribution is 2.75. The monoisotopic (exact) mass is 584 g/mol. The molecular weight excluding hydrogens is 528 g/mol. The van der Waals surface area contributed by atoms with Gasteiger partial charge in [-0.15, -0.1) is 0 Å². The van der Waals surface area contributed by atoms with Crippen LogP contribution in [0.2, 0.25) is 0 Å². The molecule has 0 heterocycles. The molecule has 0 aromatic heterocycles. The zero-order valence-corrected chi connectivity index (χ0v) is 27.6. The number of carboxylic acids is 2. The van der Waals surface area contributed by atoms with Gasteiger partial charge in [0.05, 0.1) is 17.3 Å². The number of rotatable bonds is 5. The van der Waals surface area contributed by atoms with Gasteiger partial charge in [0.2, 0.25) is 0 Å². The molecule has 2 N–H and O–H groups in total. The van der Waals surface area contributed by atoms with Crippen LogP contribution in [0.15, 0.2) is 11.6 Å². The maximum absolute atomic E-state index is 13.2. The van der Waals surface area contributed by atoms with E-state index in [0.717, 1.165) is 57.8 Å². The fourth-order valence-electron chi connectivity index (χ4n) is 11.8. The van der Waals surface area contributed by atoms with Crippen molar-refractivity contribution >= 4 is 17.9 Å². The van der Waals surface area contributed by atoms with Crippen LogP contribution in [-0.2, 0) is 19.1 Å². The molecule has 0 radical (unpaired) electrons. The molecular formula is C36H56O6. The Morgan fingerprint density at radius 1 is 0.905 bits per heavy atom. The van der Waals surface area contributed by atoms with Gasteiger partial charge in [0.25, 0.3) is 0 Å². The highest BCUT2D eigenvalue weighted by atomic mass is 16.5. The normalized spacial score (nSPS) is 46.2. The standard InChI is InChI=1S/C36H56O6/c1-21-12-17-36(29(39)40)19-18-34(8)23(28(36)22(21)2)10-11-25-33(7)15-14-26(42-30(41)31(3,4)20-27(37)38)32(5,6)24(33)13-16-35(25,34)9/h10,21-22,24-26,28H,11-20H2,1-9H3,(H,37,38)(H,39,40)/t21-,22+,24+,25-,26+,28+,33+,34-,35-,36+/m1/s1. The molecule has 5 aliphatic rings. The number of hydrogen-bond acceptors (Lipinski definition) is 4. The summed E-state index contributed by atoms with van der Waals surface area (Å²) in [5, 5.41) is 20.0. The molecule has 6 nitrogen and oxygen atoms in total. The van der Waals surface area contributed by atoms with E-state index in [9.17, 15) is 24.6 Å². The molecule has 0 aliphatic heterocycles. The average molecular weight is 585 g/mol. The Bertz CT molecular complexity index is 1180. The maximum atomic E-state index is 13.2. The summed E-state index contributed by atoms with van der Waals surface area (Å²) < 4.78 is 6.18. The molecule has 5 rings (SSSR count). The number of esters is 1.